The van der Waals surface area contributed by atoms with Crippen molar-refractivity contribution in [2.75, 3.05) is 113 Å². The van der Waals surface area contributed by atoms with Gasteiger partial charge in [0.05, 0.1) is 18.7 Å². The van der Waals surface area contributed by atoms with Gasteiger partial charge in [-0.3, -0.25) is 43.3 Å². The highest BCUT2D eigenvalue weighted by Crippen LogP contribution is 2.34. The van der Waals surface area contributed by atoms with E-state index in [1.807, 2.05) is 20.2 Å². The summed E-state index contributed by atoms with van der Waals surface area (Å²) in [4.78, 5) is 112. The molecular weight excluding hydrogens is 937 g/mol. The minimum atomic E-state index is -0.848. The maximum Gasteiger partial charge on any atom is 0.256 e. The van der Waals surface area contributed by atoms with Gasteiger partial charge in [0.15, 0.2) is 0 Å². The molecule has 0 fully saturated rings. The summed E-state index contributed by atoms with van der Waals surface area (Å²) in [6.07, 6.45) is 12.2. The summed E-state index contributed by atoms with van der Waals surface area (Å²) >= 11 is 0. The number of nitrogens with one attached hydrogen (secondary N) is 8. The summed E-state index contributed by atoms with van der Waals surface area (Å²) in [5.74, 6) is -0.881. The van der Waals surface area contributed by atoms with Crippen LogP contribution >= 0.6 is 21.6 Å². The zero-order valence-corrected chi connectivity index (χ0v) is 44.8. The number of carbonyl (C=O) groups excluding carboxylic acids is 8. The number of pyridine rings is 1. The summed E-state index contributed by atoms with van der Waals surface area (Å²) in [5.41, 5.74) is 0.445. The van der Waals surface area contributed by atoms with Gasteiger partial charge in [0.25, 0.3) is 5.91 Å². The van der Waals surface area contributed by atoms with Crippen LogP contribution in [0.5, 0.6) is 0 Å². The molecule has 70 heavy (non-hydrogen) atoms. The number of aromatic nitrogens is 1. The van der Waals surface area contributed by atoms with E-state index in [-0.39, 0.29) is 79.6 Å². The standard InChI is InChI=1S/C48H86N12O8S2/c1-37(61)33-40(47(67)56-26-16-24-50-3)59(7)45(65)21-11-9-15-32-69-70-41-22-29-52-34-38(41)48(68)60(30-17-27-53-42(62)20-10-8-13-23-49-2)31-18-28-55-46(66)39(57-44(64)36-58(5)6)19-12-14-25-54-43(63)35-51-4/h22,29,34,39-40,49-51H,8-21,23-28,30-33,35-36H2,1-7H3,(H,53,62)(H,54,63)(H,55,66)(H,56,67)(H,57,64)/t39-,40-/m0/s1. The smallest absolute Gasteiger partial charge is 0.256 e. The van der Waals surface area contributed by atoms with E-state index >= 15 is 0 Å². The molecule has 7 amide bonds. The summed E-state index contributed by atoms with van der Waals surface area (Å²) in [6, 6.07) is 0.193. The minimum Gasteiger partial charge on any atom is -0.356 e. The lowest BCUT2D eigenvalue weighted by atomic mass is 10.1. The van der Waals surface area contributed by atoms with Gasteiger partial charge >= 0.3 is 0 Å². The number of unbranched alkanes of at least 4 members (excludes halogenated alkanes) is 5. The summed E-state index contributed by atoms with van der Waals surface area (Å²) in [5, 5.41) is 23.4. The van der Waals surface area contributed by atoms with Crippen LogP contribution in [0.2, 0.25) is 0 Å². The maximum atomic E-state index is 14.3. The number of Topliss-reactive ketones (excluding diaryl/α,β-unsaturated/α-hetero) is 1. The first-order valence-corrected chi connectivity index (χ1v) is 27.2. The molecule has 1 aromatic rings. The molecule has 0 spiro atoms. The van der Waals surface area contributed by atoms with E-state index < -0.39 is 12.1 Å². The van der Waals surface area contributed by atoms with Crippen LogP contribution in [0.3, 0.4) is 0 Å². The van der Waals surface area contributed by atoms with E-state index in [2.05, 4.69) is 47.5 Å². The highest BCUT2D eigenvalue weighted by Gasteiger charge is 2.28. The molecule has 0 saturated heterocycles. The van der Waals surface area contributed by atoms with Gasteiger partial charge in [0.1, 0.15) is 17.9 Å². The normalized spacial score (nSPS) is 11.9. The number of hydrogen-bond donors (Lipinski definition) is 8. The minimum absolute atomic E-state index is 0.0214. The van der Waals surface area contributed by atoms with E-state index in [9.17, 15) is 38.4 Å². The van der Waals surface area contributed by atoms with Gasteiger partial charge in [0.2, 0.25) is 35.4 Å². The molecule has 1 rings (SSSR count). The molecule has 20 nitrogen and oxygen atoms in total. The Bertz CT molecular complexity index is 1710. The van der Waals surface area contributed by atoms with Gasteiger partial charge < -0.3 is 57.2 Å². The summed E-state index contributed by atoms with van der Waals surface area (Å²) in [6.45, 7) is 5.65. The molecular formula is C48H86N12O8S2. The number of carbonyl (C=O) groups is 8. The Kier molecular flexibility index (Phi) is 36.6. The Morgan fingerprint density at radius 3 is 1.94 bits per heavy atom. The lowest BCUT2D eigenvalue weighted by molar-refractivity contribution is -0.140. The van der Waals surface area contributed by atoms with Crippen molar-refractivity contribution in [3.63, 3.8) is 0 Å². The Balaban J connectivity index is 2.91. The molecule has 0 aliphatic carbocycles. The molecule has 2 atom stereocenters. The highest BCUT2D eigenvalue weighted by molar-refractivity contribution is 8.76. The number of ketones is 1. The van der Waals surface area contributed by atoms with Gasteiger partial charge in [-0.2, -0.15) is 0 Å². The third-order valence-corrected chi connectivity index (χ3v) is 13.5. The van der Waals surface area contributed by atoms with Crippen molar-refractivity contribution in [2.45, 2.75) is 120 Å². The van der Waals surface area contributed by atoms with Crippen LogP contribution < -0.4 is 42.5 Å². The van der Waals surface area contributed by atoms with Crippen molar-refractivity contribution in [3.05, 3.63) is 24.0 Å². The molecule has 0 aliphatic heterocycles. The molecule has 1 aromatic heterocycles. The molecule has 0 aliphatic rings. The molecule has 398 valence electrons. The van der Waals surface area contributed by atoms with E-state index in [1.54, 1.807) is 61.2 Å². The first-order valence-electron chi connectivity index (χ1n) is 24.9. The van der Waals surface area contributed by atoms with Gasteiger partial charge in [-0.05, 0) is 126 Å². The Morgan fingerprint density at radius 2 is 1.26 bits per heavy atom. The molecule has 1 heterocycles. The average Bonchev–Trinajstić information content (AvgIpc) is 3.32. The van der Waals surface area contributed by atoms with Crippen LogP contribution in [0.15, 0.2) is 23.4 Å². The van der Waals surface area contributed by atoms with Crippen LogP contribution in [0.25, 0.3) is 0 Å². The number of hydrogen-bond acceptors (Lipinski definition) is 15. The SMILES string of the molecule is CNCCCCCC(=O)NCCCN(CCCNC(=O)[C@H](CCCCNC(=O)CNC)NC(=O)CN(C)C)C(=O)c1cnccc1SSCCCCCC(=O)N(C)[C@@H](CC(C)=O)C(=O)NCCCNC. The third-order valence-electron chi connectivity index (χ3n) is 11.0. The summed E-state index contributed by atoms with van der Waals surface area (Å²) in [7, 11) is 13.6. The zero-order valence-electron chi connectivity index (χ0n) is 43.1. The van der Waals surface area contributed by atoms with Crippen LogP contribution in [-0.4, -0.2) is 192 Å². The van der Waals surface area contributed by atoms with E-state index in [4.69, 9.17) is 0 Å². The lowest BCUT2D eigenvalue weighted by Gasteiger charge is -2.27. The van der Waals surface area contributed by atoms with Gasteiger partial charge in [-0.15, -0.1) is 0 Å². The van der Waals surface area contributed by atoms with Crippen LogP contribution in [0.4, 0.5) is 0 Å². The second kappa shape index (κ2) is 40.3. The lowest BCUT2D eigenvalue weighted by Crippen LogP contribution is -2.49. The second-order valence-electron chi connectivity index (χ2n) is 17.6. The topological polar surface area (TPSA) is 255 Å². The quantitative estimate of drug-likeness (QED) is 0.0343. The van der Waals surface area contributed by atoms with Gasteiger partial charge in [0, 0.05) is 88.6 Å². The molecule has 0 unspecified atom stereocenters. The number of rotatable bonds is 42. The molecule has 0 aromatic carbocycles. The Morgan fingerprint density at radius 1 is 0.643 bits per heavy atom. The molecule has 0 saturated carbocycles. The number of nitrogens with zero attached hydrogens (tertiary/aromatic N) is 4. The van der Waals surface area contributed by atoms with Gasteiger partial charge in [-0.1, -0.05) is 34.4 Å². The first-order chi connectivity index (χ1) is 33.6. The largest absolute Gasteiger partial charge is 0.356 e. The van der Waals surface area contributed by atoms with Crippen molar-refractivity contribution in [1.82, 2.24) is 62.2 Å². The molecule has 0 bridgehead atoms. The maximum absolute atomic E-state index is 14.3. The Hall–Kier alpha value is -4.35. The van der Waals surface area contributed by atoms with Crippen molar-refractivity contribution >= 4 is 68.7 Å². The van der Waals surface area contributed by atoms with Crippen LogP contribution in [-0.2, 0) is 33.6 Å². The van der Waals surface area contributed by atoms with Gasteiger partial charge in [-0.25, -0.2) is 0 Å². The fraction of sp³-hybridized carbons (Fsp3) is 0.729. The second-order valence-corrected chi connectivity index (χ2v) is 20.0. The van der Waals surface area contributed by atoms with Crippen molar-refractivity contribution < 1.29 is 38.4 Å². The fourth-order valence-electron chi connectivity index (χ4n) is 7.12. The zero-order chi connectivity index (χ0) is 51.9. The van der Waals surface area contributed by atoms with Crippen molar-refractivity contribution in [1.29, 1.82) is 0 Å². The van der Waals surface area contributed by atoms with Crippen molar-refractivity contribution in [2.24, 2.45) is 0 Å². The van der Waals surface area contributed by atoms with E-state index in [0.29, 0.717) is 83.2 Å². The van der Waals surface area contributed by atoms with E-state index in [1.165, 1.54) is 22.6 Å². The first kappa shape index (κ1) is 63.7. The fourth-order valence-corrected chi connectivity index (χ4v) is 9.42. The molecule has 0 radical (unpaired) electrons. The number of likely N-dealkylation sites (N-methyl/N-ethyl adjacent to an activating group) is 3. The van der Waals surface area contributed by atoms with E-state index in [0.717, 1.165) is 62.3 Å². The van der Waals surface area contributed by atoms with Crippen molar-refractivity contribution in [3.8, 4) is 0 Å². The molecule has 22 heteroatoms. The third kappa shape index (κ3) is 30.4. The molecule has 8 N–H and O–H groups in total. The highest BCUT2D eigenvalue weighted by atomic mass is 33.1. The number of amides is 7. The predicted molar refractivity (Wildman–Crippen MR) is 279 cm³/mol. The monoisotopic (exact) mass is 1020 g/mol. The predicted octanol–water partition coefficient (Wildman–Crippen LogP) is 1.70. The summed E-state index contributed by atoms with van der Waals surface area (Å²) < 4.78 is 0. The van der Waals surface area contributed by atoms with Crippen LogP contribution in [0.1, 0.15) is 114 Å². The Labute approximate surface area is 425 Å². The van der Waals surface area contributed by atoms with Crippen LogP contribution in [0, 0.1) is 0 Å². The average molecular weight is 1020 g/mol.